The molecular formula is C21H27N3O5. The van der Waals surface area contributed by atoms with Crippen molar-refractivity contribution in [2.75, 3.05) is 13.2 Å². The van der Waals surface area contributed by atoms with Crippen LogP contribution in [0.5, 0.6) is 0 Å². The molecule has 8 heteroatoms. The summed E-state index contributed by atoms with van der Waals surface area (Å²) < 4.78 is 5.04. The Morgan fingerprint density at radius 1 is 1.28 bits per heavy atom. The number of amides is 4. The zero-order valence-electron chi connectivity index (χ0n) is 16.8. The Bertz CT molecular complexity index is 820. The van der Waals surface area contributed by atoms with E-state index in [9.17, 15) is 19.2 Å². The van der Waals surface area contributed by atoms with E-state index < -0.39 is 17.5 Å². The van der Waals surface area contributed by atoms with Crippen LogP contribution < -0.4 is 10.6 Å². The quantitative estimate of drug-likeness (QED) is 0.536. The summed E-state index contributed by atoms with van der Waals surface area (Å²) in [6, 6.07) is 7.51. The second-order valence-electron chi connectivity index (χ2n) is 7.99. The normalized spacial score (nSPS) is 20.1. The van der Waals surface area contributed by atoms with Crippen LogP contribution in [0.1, 0.15) is 56.7 Å². The van der Waals surface area contributed by atoms with E-state index in [1.165, 1.54) is 5.56 Å². The maximum atomic E-state index is 12.2. The van der Waals surface area contributed by atoms with E-state index in [2.05, 4.69) is 16.7 Å². The lowest BCUT2D eigenvalue weighted by Crippen LogP contribution is -2.40. The summed E-state index contributed by atoms with van der Waals surface area (Å²) in [7, 11) is 0. The summed E-state index contributed by atoms with van der Waals surface area (Å²) in [5.41, 5.74) is 1.44. The second kappa shape index (κ2) is 8.63. The molecule has 0 spiro atoms. The van der Waals surface area contributed by atoms with Crippen molar-refractivity contribution < 1.29 is 23.9 Å². The predicted molar refractivity (Wildman–Crippen MR) is 105 cm³/mol. The number of esters is 1. The van der Waals surface area contributed by atoms with Crippen molar-refractivity contribution in [1.29, 1.82) is 0 Å². The molecule has 0 aromatic heterocycles. The molecule has 1 heterocycles. The van der Waals surface area contributed by atoms with Crippen molar-refractivity contribution in [3.05, 3.63) is 35.4 Å². The van der Waals surface area contributed by atoms with E-state index in [0.29, 0.717) is 0 Å². The van der Waals surface area contributed by atoms with Gasteiger partial charge in [-0.2, -0.15) is 0 Å². The third kappa shape index (κ3) is 4.93. The maximum absolute atomic E-state index is 12.2. The van der Waals surface area contributed by atoms with Crippen molar-refractivity contribution >= 4 is 23.8 Å². The average Bonchev–Trinajstić information content (AvgIpc) is 2.88. The predicted octanol–water partition coefficient (Wildman–Crippen LogP) is 1.83. The molecule has 1 aromatic rings. The standard InChI is InChI=1S/C21H27N3O5/c1-21(2)19(27)24(20(28)23-21)12-6-11-18(26)29-13-17(25)22-16-10-5-8-14-7-3-4-9-15(14)16/h3-4,7,9,16H,5-6,8,10-13H2,1-2H3,(H,22,25)(H,23,28)/t16-/m0/s1. The SMILES string of the molecule is CC1(C)NC(=O)N(CCCC(=O)OCC(=O)N[C@H]2CCCc3ccccc32)C1=O. The van der Waals surface area contributed by atoms with Crippen LogP contribution in [0.15, 0.2) is 24.3 Å². The summed E-state index contributed by atoms with van der Waals surface area (Å²) in [6.45, 7) is 3.05. The molecule has 4 amide bonds. The topological polar surface area (TPSA) is 105 Å². The zero-order chi connectivity index (χ0) is 21.0. The number of nitrogens with one attached hydrogen (secondary N) is 2. The Hall–Kier alpha value is -2.90. The first kappa shape index (κ1) is 20.8. The van der Waals surface area contributed by atoms with Gasteiger partial charge < -0.3 is 15.4 Å². The summed E-state index contributed by atoms with van der Waals surface area (Å²) in [5.74, 6) is -1.19. The molecule has 2 aliphatic rings. The highest BCUT2D eigenvalue weighted by molar-refractivity contribution is 6.06. The summed E-state index contributed by atoms with van der Waals surface area (Å²) in [6.07, 6.45) is 3.18. The molecular weight excluding hydrogens is 374 g/mol. The van der Waals surface area contributed by atoms with Crippen LogP contribution in [-0.4, -0.2) is 47.4 Å². The number of urea groups is 1. The van der Waals surface area contributed by atoms with Crippen molar-refractivity contribution in [3.63, 3.8) is 0 Å². The first-order valence-electron chi connectivity index (χ1n) is 9.95. The highest BCUT2D eigenvalue weighted by Gasteiger charge is 2.43. The molecule has 3 rings (SSSR count). The fraction of sp³-hybridized carbons (Fsp3) is 0.524. The van der Waals surface area contributed by atoms with E-state index in [0.717, 1.165) is 29.7 Å². The largest absolute Gasteiger partial charge is 0.456 e. The van der Waals surface area contributed by atoms with Crippen molar-refractivity contribution in [3.8, 4) is 0 Å². The number of ether oxygens (including phenoxy) is 1. The molecule has 1 fully saturated rings. The third-order valence-electron chi connectivity index (χ3n) is 5.28. The number of benzene rings is 1. The molecule has 2 N–H and O–H groups in total. The van der Waals surface area contributed by atoms with Gasteiger partial charge in [-0.25, -0.2) is 4.79 Å². The van der Waals surface area contributed by atoms with E-state index in [1.54, 1.807) is 13.8 Å². The Morgan fingerprint density at radius 3 is 2.76 bits per heavy atom. The number of hydrogen-bond donors (Lipinski definition) is 2. The number of carbonyl (C=O) groups is 4. The number of aryl methyl sites for hydroxylation is 1. The van der Waals surface area contributed by atoms with Gasteiger partial charge in [0.05, 0.1) is 6.04 Å². The van der Waals surface area contributed by atoms with Crippen LogP contribution in [0, 0.1) is 0 Å². The number of carbonyl (C=O) groups excluding carboxylic acids is 4. The minimum Gasteiger partial charge on any atom is -0.456 e. The summed E-state index contributed by atoms with van der Waals surface area (Å²) in [5, 5.41) is 5.52. The Labute approximate surface area is 170 Å². The van der Waals surface area contributed by atoms with Crippen LogP contribution in [0.4, 0.5) is 4.79 Å². The Balaban J connectivity index is 1.38. The van der Waals surface area contributed by atoms with Crippen LogP contribution in [0.2, 0.25) is 0 Å². The van der Waals surface area contributed by atoms with Gasteiger partial charge in [0.2, 0.25) is 0 Å². The fourth-order valence-electron chi connectivity index (χ4n) is 3.76. The van der Waals surface area contributed by atoms with Crippen LogP contribution in [0.3, 0.4) is 0 Å². The van der Waals surface area contributed by atoms with Gasteiger partial charge in [-0.1, -0.05) is 24.3 Å². The Kier molecular flexibility index (Phi) is 6.20. The first-order valence-corrected chi connectivity index (χ1v) is 9.95. The van der Waals surface area contributed by atoms with E-state index in [1.807, 2.05) is 18.2 Å². The molecule has 1 aliphatic carbocycles. The maximum Gasteiger partial charge on any atom is 0.325 e. The van der Waals surface area contributed by atoms with Crippen LogP contribution in [0.25, 0.3) is 0 Å². The van der Waals surface area contributed by atoms with Gasteiger partial charge in [0.15, 0.2) is 6.61 Å². The first-order chi connectivity index (χ1) is 13.8. The molecule has 1 aliphatic heterocycles. The number of imide groups is 1. The monoisotopic (exact) mass is 401 g/mol. The summed E-state index contributed by atoms with van der Waals surface area (Å²) >= 11 is 0. The lowest BCUT2D eigenvalue weighted by molar-refractivity contribution is -0.149. The highest BCUT2D eigenvalue weighted by Crippen LogP contribution is 2.29. The minimum absolute atomic E-state index is 0.0248. The molecule has 8 nitrogen and oxygen atoms in total. The zero-order valence-corrected chi connectivity index (χ0v) is 16.8. The minimum atomic E-state index is -0.923. The van der Waals surface area contributed by atoms with Crippen molar-refractivity contribution in [2.24, 2.45) is 0 Å². The van der Waals surface area contributed by atoms with Crippen molar-refractivity contribution in [1.82, 2.24) is 15.5 Å². The molecule has 1 saturated heterocycles. The van der Waals surface area contributed by atoms with Gasteiger partial charge in [-0.15, -0.1) is 0 Å². The number of nitrogens with zero attached hydrogens (tertiary/aromatic N) is 1. The smallest absolute Gasteiger partial charge is 0.325 e. The van der Waals surface area contributed by atoms with Gasteiger partial charge in [0.1, 0.15) is 5.54 Å². The number of rotatable bonds is 7. The van der Waals surface area contributed by atoms with Crippen LogP contribution >= 0.6 is 0 Å². The molecule has 0 saturated carbocycles. The van der Waals surface area contributed by atoms with Gasteiger partial charge in [0.25, 0.3) is 11.8 Å². The number of hydrogen-bond acceptors (Lipinski definition) is 5. The molecule has 0 radical (unpaired) electrons. The molecule has 1 aromatic carbocycles. The van der Waals surface area contributed by atoms with E-state index in [-0.39, 0.29) is 43.8 Å². The van der Waals surface area contributed by atoms with Gasteiger partial charge >= 0.3 is 12.0 Å². The molecule has 156 valence electrons. The third-order valence-corrected chi connectivity index (χ3v) is 5.28. The van der Waals surface area contributed by atoms with Gasteiger partial charge in [-0.05, 0) is 50.7 Å². The molecule has 0 unspecified atom stereocenters. The number of fused-ring (bicyclic) bond motifs is 1. The Morgan fingerprint density at radius 2 is 2.03 bits per heavy atom. The van der Waals surface area contributed by atoms with Gasteiger partial charge in [0, 0.05) is 13.0 Å². The van der Waals surface area contributed by atoms with E-state index in [4.69, 9.17) is 4.74 Å². The lowest BCUT2D eigenvalue weighted by atomic mass is 9.88. The second-order valence-corrected chi connectivity index (χ2v) is 7.99. The molecule has 29 heavy (non-hydrogen) atoms. The molecule has 1 atom stereocenters. The molecule has 0 bridgehead atoms. The van der Waals surface area contributed by atoms with Gasteiger partial charge in [-0.3, -0.25) is 19.3 Å². The van der Waals surface area contributed by atoms with Crippen LogP contribution in [-0.2, 0) is 25.5 Å². The highest BCUT2D eigenvalue weighted by atomic mass is 16.5. The average molecular weight is 401 g/mol. The summed E-state index contributed by atoms with van der Waals surface area (Å²) in [4.78, 5) is 49.0. The van der Waals surface area contributed by atoms with Crippen molar-refractivity contribution in [2.45, 2.75) is 57.5 Å². The lowest BCUT2D eigenvalue weighted by Gasteiger charge is -2.26. The fourth-order valence-corrected chi connectivity index (χ4v) is 3.76. The van der Waals surface area contributed by atoms with E-state index >= 15 is 0 Å².